The third kappa shape index (κ3) is 2.21. The molecule has 2 nitrogen and oxygen atoms in total. The van der Waals surface area contributed by atoms with Gasteiger partial charge in [-0.15, -0.1) is 0 Å². The van der Waals surface area contributed by atoms with Crippen LogP contribution in [0.3, 0.4) is 0 Å². The fraction of sp³-hybridized carbons (Fsp3) is 0.385. The summed E-state index contributed by atoms with van der Waals surface area (Å²) in [7, 11) is 0. The molecule has 1 aliphatic heterocycles. The Kier molecular flexibility index (Phi) is 3.07. The Morgan fingerprint density at radius 3 is 2.60 bits per heavy atom. The highest BCUT2D eigenvalue weighted by Gasteiger charge is 2.18. The number of hydrogen-bond donors (Lipinski definition) is 2. The van der Waals surface area contributed by atoms with Crippen LogP contribution < -0.4 is 5.32 Å². The zero-order valence-electron chi connectivity index (χ0n) is 8.87. The number of benzene rings is 1. The van der Waals surface area contributed by atoms with E-state index < -0.39 is 0 Å². The van der Waals surface area contributed by atoms with Crippen LogP contribution in [-0.2, 0) is 0 Å². The first kappa shape index (κ1) is 10.2. The molecule has 0 bridgehead atoms. The Morgan fingerprint density at radius 2 is 1.93 bits per heavy atom. The number of piperidine rings is 1. The van der Waals surface area contributed by atoms with E-state index in [4.69, 9.17) is 0 Å². The van der Waals surface area contributed by atoms with E-state index in [1.807, 2.05) is 18.2 Å². The van der Waals surface area contributed by atoms with Crippen LogP contribution in [0.1, 0.15) is 29.9 Å². The third-order valence-electron chi connectivity index (χ3n) is 3.05. The summed E-state index contributed by atoms with van der Waals surface area (Å²) in [4.78, 5) is 0. The highest BCUT2D eigenvalue weighted by atomic mass is 16.3. The lowest BCUT2D eigenvalue weighted by Crippen LogP contribution is -2.27. The van der Waals surface area contributed by atoms with Gasteiger partial charge in [-0.3, -0.25) is 0 Å². The van der Waals surface area contributed by atoms with Gasteiger partial charge in [0.2, 0.25) is 0 Å². The van der Waals surface area contributed by atoms with Gasteiger partial charge < -0.3 is 10.4 Å². The minimum absolute atomic E-state index is 0.184. The van der Waals surface area contributed by atoms with Crippen LogP contribution in [-0.4, -0.2) is 18.2 Å². The van der Waals surface area contributed by atoms with Crippen LogP contribution in [0.25, 0.3) is 5.76 Å². The van der Waals surface area contributed by atoms with Gasteiger partial charge in [0.15, 0.2) is 0 Å². The zero-order chi connectivity index (χ0) is 10.7. The van der Waals surface area contributed by atoms with Gasteiger partial charge in [-0.2, -0.15) is 0 Å². The average Bonchev–Trinajstić information content (AvgIpc) is 2.30. The number of aliphatic hydroxyl groups is 1. The summed E-state index contributed by atoms with van der Waals surface area (Å²) in [5, 5.41) is 12.9. The molecule has 1 aromatic rings. The van der Waals surface area contributed by atoms with Crippen molar-refractivity contribution in [3.63, 3.8) is 0 Å². The number of hydrogen-bond acceptors (Lipinski definition) is 2. The van der Waals surface area contributed by atoms with E-state index in [1.165, 1.54) is 5.56 Å². The fourth-order valence-electron chi connectivity index (χ4n) is 2.25. The van der Waals surface area contributed by atoms with Crippen LogP contribution in [0, 0.1) is 0 Å². The molecule has 1 aliphatic rings. The highest BCUT2D eigenvalue weighted by molar-refractivity contribution is 5.60. The van der Waals surface area contributed by atoms with Crippen molar-refractivity contribution in [2.75, 3.05) is 13.1 Å². The summed E-state index contributed by atoms with van der Waals surface area (Å²) in [5.41, 5.74) is 2.15. The highest BCUT2D eigenvalue weighted by Crippen LogP contribution is 2.30. The summed E-state index contributed by atoms with van der Waals surface area (Å²) in [6, 6.07) is 8.03. The molecule has 2 N–H and O–H groups in total. The molecule has 2 rings (SSSR count). The van der Waals surface area contributed by atoms with Crippen LogP contribution >= 0.6 is 0 Å². The quantitative estimate of drug-likeness (QED) is 0.724. The molecule has 0 unspecified atom stereocenters. The van der Waals surface area contributed by atoms with E-state index in [-0.39, 0.29) is 5.76 Å². The maximum Gasteiger partial charge on any atom is 0.115 e. The first-order chi connectivity index (χ1) is 7.29. The lowest BCUT2D eigenvalue weighted by Gasteiger charge is -2.24. The number of nitrogens with one attached hydrogen (secondary N) is 1. The molecule has 1 heterocycles. The van der Waals surface area contributed by atoms with E-state index in [2.05, 4.69) is 18.0 Å². The maximum atomic E-state index is 9.53. The predicted molar refractivity (Wildman–Crippen MR) is 62.9 cm³/mol. The summed E-state index contributed by atoms with van der Waals surface area (Å²) >= 11 is 0. The smallest absolute Gasteiger partial charge is 0.115 e. The molecule has 15 heavy (non-hydrogen) atoms. The second-order valence-corrected chi connectivity index (χ2v) is 4.06. The Hall–Kier alpha value is -1.28. The van der Waals surface area contributed by atoms with Gasteiger partial charge >= 0.3 is 0 Å². The molecule has 0 radical (unpaired) electrons. The maximum absolute atomic E-state index is 9.53. The molecule has 1 saturated heterocycles. The normalized spacial score (nSPS) is 17.6. The second kappa shape index (κ2) is 4.49. The van der Waals surface area contributed by atoms with E-state index in [1.54, 1.807) is 0 Å². The standard InChI is InChI=1S/C13H17NO/c1-10(15)12-4-2-3-5-13(12)11-6-8-14-9-7-11/h2-5,11,14-15H,1,6-9H2. The van der Waals surface area contributed by atoms with Crippen molar-refractivity contribution in [1.29, 1.82) is 0 Å². The first-order valence-electron chi connectivity index (χ1n) is 5.47. The molecular weight excluding hydrogens is 186 g/mol. The Balaban J connectivity index is 2.29. The predicted octanol–water partition coefficient (Wildman–Crippen LogP) is 2.68. The summed E-state index contributed by atoms with van der Waals surface area (Å²) < 4.78 is 0. The molecule has 2 heteroatoms. The van der Waals surface area contributed by atoms with Crippen molar-refractivity contribution in [3.8, 4) is 0 Å². The monoisotopic (exact) mass is 203 g/mol. The van der Waals surface area contributed by atoms with Gasteiger partial charge in [-0.05, 0) is 37.4 Å². The minimum Gasteiger partial charge on any atom is -0.508 e. The van der Waals surface area contributed by atoms with E-state index in [0.717, 1.165) is 31.5 Å². The summed E-state index contributed by atoms with van der Waals surface area (Å²) in [6.45, 7) is 5.75. The summed E-state index contributed by atoms with van der Waals surface area (Å²) in [5.74, 6) is 0.746. The van der Waals surface area contributed by atoms with Gasteiger partial charge in [0.1, 0.15) is 5.76 Å². The molecule has 1 aromatic carbocycles. The summed E-state index contributed by atoms with van der Waals surface area (Å²) in [6.07, 6.45) is 2.29. The molecule has 0 spiro atoms. The Labute approximate surface area is 90.6 Å². The average molecular weight is 203 g/mol. The molecule has 1 fully saturated rings. The van der Waals surface area contributed by atoms with E-state index in [9.17, 15) is 5.11 Å². The Bertz CT molecular complexity index is 353. The van der Waals surface area contributed by atoms with Gasteiger partial charge in [-0.1, -0.05) is 30.8 Å². The number of aliphatic hydroxyl groups excluding tert-OH is 1. The molecule has 80 valence electrons. The lowest BCUT2D eigenvalue weighted by molar-refractivity contribution is 0.456. The van der Waals surface area contributed by atoms with E-state index in [0.29, 0.717) is 5.92 Å². The number of rotatable bonds is 2. The minimum atomic E-state index is 0.184. The molecule has 0 saturated carbocycles. The molecule has 0 aliphatic carbocycles. The largest absolute Gasteiger partial charge is 0.508 e. The van der Waals surface area contributed by atoms with Gasteiger partial charge in [0.25, 0.3) is 0 Å². The SMILES string of the molecule is C=C(O)c1ccccc1C1CCNCC1. The topological polar surface area (TPSA) is 32.3 Å². The lowest BCUT2D eigenvalue weighted by atomic mass is 9.87. The van der Waals surface area contributed by atoms with Crippen LogP contribution in [0.5, 0.6) is 0 Å². The third-order valence-corrected chi connectivity index (χ3v) is 3.05. The molecular formula is C13H17NO. The first-order valence-corrected chi connectivity index (χ1v) is 5.47. The van der Waals surface area contributed by atoms with Crippen molar-refractivity contribution >= 4 is 5.76 Å². The van der Waals surface area contributed by atoms with Crippen molar-refractivity contribution < 1.29 is 5.11 Å². The fourth-order valence-corrected chi connectivity index (χ4v) is 2.25. The van der Waals surface area contributed by atoms with Crippen LogP contribution in [0.15, 0.2) is 30.8 Å². The van der Waals surface area contributed by atoms with Crippen LogP contribution in [0.4, 0.5) is 0 Å². The van der Waals surface area contributed by atoms with E-state index >= 15 is 0 Å². The molecule has 0 atom stereocenters. The zero-order valence-corrected chi connectivity index (χ0v) is 8.87. The molecule has 0 aromatic heterocycles. The second-order valence-electron chi connectivity index (χ2n) is 4.06. The molecule has 0 amide bonds. The van der Waals surface area contributed by atoms with Crippen molar-refractivity contribution in [3.05, 3.63) is 42.0 Å². The Morgan fingerprint density at radius 1 is 1.27 bits per heavy atom. The van der Waals surface area contributed by atoms with Gasteiger partial charge in [-0.25, -0.2) is 0 Å². The van der Waals surface area contributed by atoms with Gasteiger partial charge in [0, 0.05) is 5.56 Å². The van der Waals surface area contributed by atoms with Crippen molar-refractivity contribution in [2.45, 2.75) is 18.8 Å². The van der Waals surface area contributed by atoms with Crippen LogP contribution in [0.2, 0.25) is 0 Å². The van der Waals surface area contributed by atoms with Crippen molar-refractivity contribution in [2.24, 2.45) is 0 Å². The van der Waals surface area contributed by atoms with Gasteiger partial charge in [0.05, 0.1) is 0 Å². The van der Waals surface area contributed by atoms with Crippen molar-refractivity contribution in [1.82, 2.24) is 5.32 Å².